The lowest BCUT2D eigenvalue weighted by Crippen LogP contribution is -2.14. The molecule has 1 fully saturated rings. The summed E-state index contributed by atoms with van der Waals surface area (Å²) in [5.74, 6) is 0.465. The van der Waals surface area contributed by atoms with Gasteiger partial charge in [-0.25, -0.2) is 4.98 Å². The van der Waals surface area contributed by atoms with Crippen LogP contribution in [0.3, 0.4) is 0 Å². The minimum absolute atomic E-state index is 0.314. The fourth-order valence-corrected chi connectivity index (χ4v) is 2.81. The number of pyridine rings is 2. The van der Waals surface area contributed by atoms with Crippen molar-refractivity contribution in [1.29, 1.82) is 0 Å². The summed E-state index contributed by atoms with van der Waals surface area (Å²) in [7, 11) is 0. The van der Waals surface area contributed by atoms with E-state index in [4.69, 9.17) is 17.3 Å². The van der Waals surface area contributed by atoms with E-state index in [0.717, 1.165) is 35.7 Å². The predicted molar refractivity (Wildman–Crippen MR) is 69.1 cm³/mol. The first kappa shape index (κ1) is 10.9. The molecule has 1 aliphatic rings. The number of nitrogens with two attached hydrogens (primary N) is 1. The number of nitrogens with zero attached hydrogens (tertiary/aromatic N) is 2. The molecule has 3 nitrogen and oxygen atoms in total. The molecule has 1 unspecified atom stereocenters. The van der Waals surface area contributed by atoms with Gasteiger partial charge in [0.1, 0.15) is 5.15 Å². The Labute approximate surface area is 105 Å². The van der Waals surface area contributed by atoms with Gasteiger partial charge in [0, 0.05) is 35.1 Å². The van der Waals surface area contributed by atoms with Crippen molar-refractivity contribution >= 4 is 22.4 Å². The second kappa shape index (κ2) is 4.24. The maximum absolute atomic E-state index is 5.97. The summed E-state index contributed by atoms with van der Waals surface area (Å²) in [5, 5.41) is 2.74. The molecular weight excluding hydrogens is 234 g/mol. The van der Waals surface area contributed by atoms with E-state index < -0.39 is 0 Å². The molecule has 0 radical (unpaired) electrons. The molecule has 17 heavy (non-hydrogen) atoms. The lowest BCUT2D eigenvalue weighted by atomic mass is 9.98. The minimum Gasteiger partial charge on any atom is -0.328 e. The maximum atomic E-state index is 5.97. The number of rotatable bonds is 1. The highest BCUT2D eigenvalue weighted by Crippen LogP contribution is 2.36. The van der Waals surface area contributed by atoms with Crippen molar-refractivity contribution in [2.24, 2.45) is 5.73 Å². The Kier molecular flexibility index (Phi) is 2.73. The molecule has 1 saturated carbocycles. The SMILES string of the molecule is N[C@H]1CCC(c2nccc3cnc(Cl)cc23)C1. The van der Waals surface area contributed by atoms with Crippen LogP contribution in [0.25, 0.3) is 10.8 Å². The Morgan fingerprint density at radius 3 is 2.94 bits per heavy atom. The topological polar surface area (TPSA) is 51.8 Å². The third-order valence-electron chi connectivity index (χ3n) is 3.50. The molecule has 0 aromatic carbocycles. The highest BCUT2D eigenvalue weighted by molar-refractivity contribution is 6.30. The molecule has 88 valence electrons. The van der Waals surface area contributed by atoms with E-state index in [1.807, 2.05) is 18.3 Å². The van der Waals surface area contributed by atoms with E-state index in [-0.39, 0.29) is 0 Å². The highest BCUT2D eigenvalue weighted by atomic mass is 35.5. The molecule has 4 heteroatoms. The number of fused-ring (bicyclic) bond motifs is 1. The molecule has 1 aliphatic carbocycles. The first-order valence-corrected chi connectivity index (χ1v) is 6.27. The van der Waals surface area contributed by atoms with Gasteiger partial charge in [-0.15, -0.1) is 0 Å². The summed E-state index contributed by atoms with van der Waals surface area (Å²) in [6.45, 7) is 0. The molecule has 2 atom stereocenters. The van der Waals surface area contributed by atoms with Gasteiger partial charge in [0.05, 0.1) is 5.69 Å². The van der Waals surface area contributed by atoms with Crippen molar-refractivity contribution in [3.63, 3.8) is 0 Å². The molecule has 2 aromatic heterocycles. The van der Waals surface area contributed by atoms with E-state index in [1.165, 1.54) is 0 Å². The first-order chi connectivity index (χ1) is 8.24. The van der Waals surface area contributed by atoms with Crippen molar-refractivity contribution < 1.29 is 0 Å². The molecule has 0 saturated heterocycles. The van der Waals surface area contributed by atoms with Crippen LogP contribution >= 0.6 is 11.6 Å². The van der Waals surface area contributed by atoms with Crippen LogP contribution in [0.2, 0.25) is 5.15 Å². The molecule has 2 N–H and O–H groups in total. The normalized spacial score (nSPS) is 24.4. The van der Waals surface area contributed by atoms with Gasteiger partial charge in [-0.1, -0.05) is 11.6 Å². The molecule has 0 amide bonds. The van der Waals surface area contributed by atoms with Crippen molar-refractivity contribution in [3.05, 3.63) is 35.4 Å². The Bertz CT molecular complexity index is 555. The second-order valence-corrected chi connectivity index (χ2v) is 5.08. The summed E-state index contributed by atoms with van der Waals surface area (Å²) in [5.41, 5.74) is 7.10. The number of halogens is 1. The van der Waals surface area contributed by atoms with Crippen molar-refractivity contribution in [3.8, 4) is 0 Å². The number of hydrogen-bond donors (Lipinski definition) is 1. The Hall–Kier alpha value is -1.19. The van der Waals surface area contributed by atoms with Crippen molar-refractivity contribution in [2.75, 3.05) is 0 Å². The third-order valence-corrected chi connectivity index (χ3v) is 3.71. The van der Waals surface area contributed by atoms with Gasteiger partial charge in [-0.2, -0.15) is 0 Å². The summed E-state index contributed by atoms with van der Waals surface area (Å²) in [4.78, 5) is 8.63. The zero-order valence-corrected chi connectivity index (χ0v) is 10.2. The van der Waals surface area contributed by atoms with Crippen LogP contribution < -0.4 is 5.73 Å². The summed E-state index contributed by atoms with van der Waals surface area (Å²) in [6, 6.07) is 4.19. The second-order valence-electron chi connectivity index (χ2n) is 4.69. The molecule has 2 aromatic rings. The van der Waals surface area contributed by atoms with Gasteiger partial charge >= 0.3 is 0 Å². The lowest BCUT2D eigenvalue weighted by Gasteiger charge is -2.12. The minimum atomic E-state index is 0.314. The number of aromatic nitrogens is 2. The average molecular weight is 248 g/mol. The Morgan fingerprint density at radius 2 is 2.18 bits per heavy atom. The van der Waals surface area contributed by atoms with Gasteiger partial charge in [0.15, 0.2) is 0 Å². The Balaban J connectivity index is 2.12. The first-order valence-electron chi connectivity index (χ1n) is 5.90. The van der Waals surface area contributed by atoms with E-state index in [0.29, 0.717) is 17.1 Å². The largest absolute Gasteiger partial charge is 0.328 e. The molecule has 2 heterocycles. The van der Waals surface area contributed by atoms with Crippen LogP contribution in [0, 0.1) is 0 Å². The zero-order valence-electron chi connectivity index (χ0n) is 9.44. The van der Waals surface area contributed by atoms with E-state index in [2.05, 4.69) is 9.97 Å². The zero-order chi connectivity index (χ0) is 11.8. The van der Waals surface area contributed by atoms with E-state index in [9.17, 15) is 0 Å². The predicted octanol–water partition coefficient (Wildman–Crippen LogP) is 2.88. The van der Waals surface area contributed by atoms with Gasteiger partial charge in [-0.3, -0.25) is 4.98 Å². The van der Waals surface area contributed by atoms with Crippen LogP contribution in [0.1, 0.15) is 30.9 Å². The van der Waals surface area contributed by atoms with Gasteiger partial charge in [-0.05, 0) is 31.4 Å². The smallest absolute Gasteiger partial charge is 0.129 e. The average Bonchev–Trinajstić information content (AvgIpc) is 2.75. The van der Waals surface area contributed by atoms with Crippen LogP contribution in [-0.4, -0.2) is 16.0 Å². The van der Waals surface area contributed by atoms with Crippen molar-refractivity contribution in [2.45, 2.75) is 31.2 Å². The molecule has 0 bridgehead atoms. The third kappa shape index (κ3) is 2.01. The van der Waals surface area contributed by atoms with E-state index in [1.54, 1.807) is 6.20 Å². The summed E-state index contributed by atoms with van der Waals surface area (Å²) in [6.07, 6.45) is 6.87. The standard InChI is InChI=1S/C13H14ClN3/c14-12-6-11-9(7-17-12)3-4-16-13(11)8-1-2-10(15)5-8/h3-4,6-8,10H,1-2,5,15H2/t8?,10-/m0/s1. The lowest BCUT2D eigenvalue weighted by molar-refractivity contribution is 0.666. The Morgan fingerprint density at radius 1 is 1.29 bits per heavy atom. The monoisotopic (exact) mass is 247 g/mol. The molecular formula is C13H14ClN3. The summed E-state index contributed by atoms with van der Waals surface area (Å²) < 4.78 is 0. The van der Waals surface area contributed by atoms with Gasteiger partial charge in [0.2, 0.25) is 0 Å². The van der Waals surface area contributed by atoms with Gasteiger partial charge in [0.25, 0.3) is 0 Å². The van der Waals surface area contributed by atoms with Crippen LogP contribution in [0.15, 0.2) is 24.5 Å². The molecule has 0 spiro atoms. The van der Waals surface area contributed by atoms with Crippen molar-refractivity contribution in [1.82, 2.24) is 9.97 Å². The molecule has 0 aliphatic heterocycles. The fourth-order valence-electron chi connectivity index (χ4n) is 2.65. The molecule has 3 rings (SSSR count). The van der Waals surface area contributed by atoms with Crippen LogP contribution in [-0.2, 0) is 0 Å². The van der Waals surface area contributed by atoms with Gasteiger partial charge < -0.3 is 5.73 Å². The highest BCUT2D eigenvalue weighted by Gasteiger charge is 2.25. The summed E-state index contributed by atoms with van der Waals surface area (Å²) >= 11 is 5.96. The van der Waals surface area contributed by atoms with E-state index >= 15 is 0 Å². The van der Waals surface area contributed by atoms with Crippen LogP contribution in [0.4, 0.5) is 0 Å². The number of hydrogen-bond acceptors (Lipinski definition) is 3. The quantitative estimate of drug-likeness (QED) is 0.789. The fraction of sp³-hybridized carbons (Fsp3) is 0.385. The van der Waals surface area contributed by atoms with Crippen LogP contribution in [0.5, 0.6) is 0 Å². The maximum Gasteiger partial charge on any atom is 0.129 e.